The summed E-state index contributed by atoms with van der Waals surface area (Å²) >= 11 is 1.86. The molecule has 2 rings (SSSR count). The van der Waals surface area contributed by atoms with Crippen LogP contribution in [0.3, 0.4) is 0 Å². The van der Waals surface area contributed by atoms with Crippen molar-refractivity contribution >= 4 is 27.5 Å². The Labute approximate surface area is 113 Å². The number of nitrogens with one attached hydrogen (secondary N) is 1. The molecule has 18 heavy (non-hydrogen) atoms. The second kappa shape index (κ2) is 5.79. The monoisotopic (exact) mass is 292 g/mol. The quantitative estimate of drug-likeness (QED) is 0.775. The van der Waals surface area contributed by atoms with Gasteiger partial charge in [0.2, 0.25) is 5.91 Å². The van der Waals surface area contributed by atoms with Crippen LogP contribution in [0.2, 0.25) is 0 Å². The molecule has 0 saturated carbocycles. The highest BCUT2D eigenvalue weighted by molar-refractivity contribution is 7.99. The van der Waals surface area contributed by atoms with E-state index in [4.69, 9.17) is 0 Å². The lowest BCUT2D eigenvalue weighted by Gasteiger charge is -2.28. The van der Waals surface area contributed by atoms with Gasteiger partial charge in [0.25, 0.3) is 0 Å². The van der Waals surface area contributed by atoms with E-state index < -0.39 is 9.84 Å². The molecular weight excluding hydrogens is 272 g/mol. The number of carbonyl (C=O) groups is 1. The number of hydrogen-bond acceptors (Lipinski definition) is 5. The first-order valence-corrected chi connectivity index (χ1v) is 9.23. The summed E-state index contributed by atoms with van der Waals surface area (Å²) in [7, 11) is -1.19. The lowest BCUT2D eigenvalue weighted by molar-refractivity contribution is -0.131. The first-order valence-electron chi connectivity index (χ1n) is 6.25. The number of nitrogens with zero attached hydrogens (tertiary/aromatic N) is 1. The van der Waals surface area contributed by atoms with Gasteiger partial charge in [-0.05, 0) is 6.42 Å². The van der Waals surface area contributed by atoms with Crippen LogP contribution in [0.1, 0.15) is 12.8 Å². The van der Waals surface area contributed by atoms with Crippen molar-refractivity contribution in [1.29, 1.82) is 0 Å². The lowest BCUT2D eigenvalue weighted by Crippen LogP contribution is -2.44. The Balaban J connectivity index is 1.85. The standard InChI is InChI=1S/C11H20N2O3S2/c1-13(10-2-5-18(15,16)8-10)11(14)6-9-7-17-4-3-12-9/h9-10,12H,2-8H2,1H3. The van der Waals surface area contributed by atoms with Gasteiger partial charge in [-0.3, -0.25) is 4.79 Å². The van der Waals surface area contributed by atoms with Crippen LogP contribution in [0.4, 0.5) is 0 Å². The zero-order valence-corrected chi connectivity index (χ0v) is 12.2. The zero-order valence-electron chi connectivity index (χ0n) is 10.6. The first kappa shape index (κ1) is 14.1. The van der Waals surface area contributed by atoms with Gasteiger partial charge in [-0.2, -0.15) is 11.8 Å². The second-order valence-corrected chi connectivity index (χ2v) is 8.37. The predicted octanol–water partition coefficient (Wildman–Crippen LogP) is -0.273. The van der Waals surface area contributed by atoms with Crippen LogP contribution in [0.25, 0.3) is 0 Å². The minimum Gasteiger partial charge on any atom is -0.342 e. The molecule has 2 aliphatic rings. The van der Waals surface area contributed by atoms with Crippen LogP contribution in [0, 0.1) is 0 Å². The minimum absolute atomic E-state index is 0.0529. The summed E-state index contributed by atoms with van der Waals surface area (Å²) in [6, 6.07) is 0.107. The lowest BCUT2D eigenvalue weighted by atomic mass is 10.1. The zero-order chi connectivity index (χ0) is 13.2. The third kappa shape index (κ3) is 3.61. The highest BCUT2D eigenvalue weighted by atomic mass is 32.2. The first-order chi connectivity index (χ1) is 8.48. The highest BCUT2D eigenvalue weighted by Crippen LogP contribution is 2.18. The molecular formula is C11H20N2O3S2. The Bertz CT molecular complexity index is 405. The highest BCUT2D eigenvalue weighted by Gasteiger charge is 2.33. The van der Waals surface area contributed by atoms with E-state index in [-0.39, 0.29) is 29.5 Å². The van der Waals surface area contributed by atoms with Gasteiger partial charge in [0, 0.05) is 43.6 Å². The molecule has 1 N–H and O–H groups in total. The summed E-state index contributed by atoms with van der Waals surface area (Å²) in [6.07, 6.45) is 1.05. The van der Waals surface area contributed by atoms with E-state index in [9.17, 15) is 13.2 Å². The molecule has 104 valence electrons. The molecule has 0 spiro atoms. The fourth-order valence-electron chi connectivity index (χ4n) is 2.39. The topological polar surface area (TPSA) is 66.5 Å². The second-order valence-electron chi connectivity index (χ2n) is 4.99. The Morgan fingerprint density at radius 2 is 2.28 bits per heavy atom. The summed E-state index contributed by atoms with van der Waals surface area (Å²) < 4.78 is 22.8. The van der Waals surface area contributed by atoms with Crippen molar-refractivity contribution in [3.05, 3.63) is 0 Å². The van der Waals surface area contributed by atoms with Crippen LogP contribution >= 0.6 is 11.8 Å². The van der Waals surface area contributed by atoms with Crippen LogP contribution in [0.15, 0.2) is 0 Å². The van der Waals surface area contributed by atoms with E-state index in [2.05, 4.69) is 5.32 Å². The van der Waals surface area contributed by atoms with Gasteiger partial charge < -0.3 is 10.2 Å². The van der Waals surface area contributed by atoms with Crippen molar-refractivity contribution in [2.45, 2.75) is 24.9 Å². The SMILES string of the molecule is CN(C(=O)CC1CSCCN1)C1CCS(=O)(=O)C1. The fourth-order valence-corrected chi connectivity index (χ4v) is 5.11. The van der Waals surface area contributed by atoms with E-state index in [0.29, 0.717) is 12.8 Å². The van der Waals surface area contributed by atoms with Crippen molar-refractivity contribution < 1.29 is 13.2 Å². The van der Waals surface area contributed by atoms with Crippen molar-refractivity contribution in [2.75, 3.05) is 36.6 Å². The number of carbonyl (C=O) groups excluding carboxylic acids is 1. The summed E-state index contributed by atoms with van der Waals surface area (Å²) in [4.78, 5) is 13.7. The maximum absolute atomic E-state index is 12.1. The smallest absolute Gasteiger partial charge is 0.224 e. The van der Waals surface area contributed by atoms with E-state index in [1.54, 1.807) is 11.9 Å². The van der Waals surface area contributed by atoms with E-state index in [1.807, 2.05) is 11.8 Å². The summed E-state index contributed by atoms with van der Waals surface area (Å²) in [6.45, 7) is 0.949. The molecule has 2 unspecified atom stereocenters. The van der Waals surface area contributed by atoms with Gasteiger partial charge in [-0.25, -0.2) is 8.42 Å². The van der Waals surface area contributed by atoms with Gasteiger partial charge in [0.15, 0.2) is 9.84 Å². The summed E-state index contributed by atoms with van der Waals surface area (Å²) in [5.74, 6) is 2.45. The van der Waals surface area contributed by atoms with Crippen LogP contribution in [-0.4, -0.2) is 67.9 Å². The Morgan fingerprint density at radius 1 is 1.50 bits per heavy atom. The summed E-state index contributed by atoms with van der Waals surface area (Å²) in [5.41, 5.74) is 0. The molecule has 0 aromatic rings. The van der Waals surface area contributed by atoms with Crippen LogP contribution in [0.5, 0.6) is 0 Å². The fraction of sp³-hybridized carbons (Fsp3) is 0.909. The van der Waals surface area contributed by atoms with Gasteiger partial charge in [0.05, 0.1) is 11.5 Å². The molecule has 2 saturated heterocycles. The molecule has 7 heteroatoms. The maximum atomic E-state index is 12.1. The molecule has 5 nitrogen and oxygen atoms in total. The normalized spacial score (nSPS) is 31.2. The van der Waals surface area contributed by atoms with Gasteiger partial charge >= 0.3 is 0 Å². The summed E-state index contributed by atoms with van der Waals surface area (Å²) in [5, 5.41) is 3.33. The van der Waals surface area contributed by atoms with Crippen molar-refractivity contribution in [2.24, 2.45) is 0 Å². The molecule has 2 atom stereocenters. The molecule has 1 amide bonds. The third-order valence-electron chi connectivity index (χ3n) is 3.57. The Hall–Kier alpha value is -0.270. The molecule has 2 aliphatic heterocycles. The molecule has 0 bridgehead atoms. The molecule has 0 radical (unpaired) electrons. The average Bonchev–Trinajstić information content (AvgIpc) is 2.70. The van der Waals surface area contributed by atoms with Gasteiger partial charge in [-0.1, -0.05) is 0 Å². The molecule has 0 aromatic heterocycles. The third-order valence-corrected chi connectivity index (χ3v) is 6.45. The molecule has 2 fully saturated rings. The minimum atomic E-state index is -2.92. The van der Waals surface area contributed by atoms with E-state index in [1.165, 1.54) is 0 Å². The number of amides is 1. The maximum Gasteiger partial charge on any atom is 0.224 e. The Kier molecular flexibility index (Phi) is 4.55. The largest absolute Gasteiger partial charge is 0.342 e. The van der Waals surface area contributed by atoms with Crippen LogP contribution < -0.4 is 5.32 Å². The van der Waals surface area contributed by atoms with Crippen molar-refractivity contribution in [3.63, 3.8) is 0 Å². The van der Waals surface area contributed by atoms with E-state index in [0.717, 1.165) is 18.1 Å². The van der Waals surface area contributed by atoms with Crippen molar-refractivity contribution in [1.82, 2.24) is 10.2 Å². The number of rotatable bonds is 3. The van der Waals surface area contributed by atoms with Gasteiger partial charge in [0.1, 0.15) is 0 Å². The number of hydrogen-bond donors (Lipinski definition) is 1. The predicted molar refractivity (Wildman–Crippen MR) is 73.6 cm³/mol. The average molecular weight is 292 g/mol. The van der Waals surface area contributed by atoms with Gasteiger partial charge in [-0.15, -0.1) is 0 Å². The number of sulfone groups is 1. The van der Waals surface area contributed by atoms with Crippen LogP contribution in [-0.2, 0) is 14.6 Å². The number of thioether (sulfide) groups is 1. The van der Waals surface area contributed by atoms with E-state index >= 15 is 0 Å². The van der Waals surface area contributed by atoms with Crippen molar-refractivity contribution in [3.8, 4) is 0 Å². The Morgan fingerprint density at radius 3 is 2.83 bits per heavy atom. The molecule has 0 aromatic carbocycles. The molecule has 0 aliphatic carbocycles. The molecule has 2 heterocycles.